The first-order chi connectivity index (χ1) is 6.56. The first-order valence-corrected chi connectivity index (χ1v) is 5.24. The van der Waals surface area contributed by atoms with Crippen molar-refractivity contribution in [1.29, 1.82) is 0 Å². The summed E-state index contributed by atoms with van der Waals surface area (Å²) in [6.07, 6.45) is 0. The molecule has 1 rings (SSSR count). The number of pyridine rings is 1. The summed E-state index contributed by atoms with van der Waals surface area (Å²) in [5.74, 6) is 0. The Morgan fingerprint density at radius 3 is 2.50 bits per heavy atom. The molecule has 1 heterocycles. The molecule has 0 aliphatic rings. The Hall–Kier alpha value is -0.890. The van der Waals surface area contributed by atoms with Gasteiger partial charge in [0, 0.05) is 17.4 Å². The zero-order chi connectivity index (χ0) is 10.7. The molecule has 0 radical (unpaired) electrons. The molecule has 14 heavy (non-hydrogen) atoms. The quantitative estimate of drug-likeness (QED) is 0.796. The van der Waals surface area contributed by atoms with Crippen LogP contribution in [0.2, 0.25) is 0 Å². The van der Waals surface area contributed by atoms with Gasteiger partial charge in [0.1, 0.15) is 0 Å². The molecule has 2 nitrogen and oxygen atoms in total. The summed E-state index contributed by atoms with van der Waals surface area (Å²) in [6, 6.07) is 2.55. The van der Waals surface area contributed by atoms with Gasteiger partial charge in [-0.25, -0.2) is 0 Å². The van der Waals surface area contributed by atoms with Crippen LogP contribution in [0, 0.1) is 20.8 Å². The van der Waals surface area contributed by atoms with Crippen LogP contribution in [-0.4, -0.2) is 11.5 Å². The third-order valence-corrected chi connectivity index (χ3v) is 2.53. The number of nitrogens with one attached hydrogen (secondary N) is 1. The Morgan fingerprint density at radius 1 is 1.36 bits per heavy atom. The highest BCUT2D eigenvalue weighted by molar-refractivity contribution is 5.33. The molecule has 0 amide bonds. The van der Waals surface area contributed by atoms with E-state index in [9.17, 15) is 0 Å². The number of rotatable bonds is 3. The maximum absolute atomic E-state index is 4.50. The Morgan fingerprint density at radius 2 is 2.00 bits per heavy atom. The van der Waals surface area contributed by atoms with Crippen molar-refractivity contribution in [3.63, 3.8) is 0 Å². The van der Waals surface area contributed by atoms with E-state index in [0.29, 0.717) is 6.04 Å². The van der Waals surface area contributed by atoms with E-state index >= 15 is 0 Å². The molecule has 0 saturated heterocycles. The Bertz CT molecular complexity index is 295. The summed E-state index contributed by atoms with van der Waals surface area (Å²) < 4.78 is 0. The molecule has 0 aliphatic carbocycles. The van der Waals surface area contributed by atoms with Gasteiger partial charge in [0.15, 0.2) is 0 Å². The zero-order valence-corrected chi connectivity index (χ0v) is 9.81. The van der Waals surface area contributed by atoms with E-state index in [2.05, 4.69) is 44.1 Å². The lowest BCUT2D eigenvalue weighted by atomic mass is 10.0. The number of aryl methyl sites for hydroxylation is 3. The molecule has 78 valence electrons. The van der Waals surface area contributed by atoms with Crippen molar-refractivity contribution in [3.8, 4) is 0 Å². The van der Waals surface area contributed by atoms with Crippen LogP contribution in [0.25, 0.3) is 0 Å². The van der Waals surface area contributed by atoms with Crippen molar-refractivity contribution in [1.82, 2.24) is 10.3 Å². The molecule has 1 aromatic heterocycles. The summed E-state index contributed by atoms with van der Waals surface area (Å²) in [4.78, 5) is 4.50. The van der Waals surface area contributed by atoms with Gasteiger partial charge in [-0.1, -0.05) is 6.92 Å². The smallest absolute Gasteiger partial charge is 0.0426 e. The Labute approximate surface area is 86.8 Å². The van der Waals surface area contributed by atoms with Crippen molar-refractivity contribution in [2.45, 2.75) is 40.7 Å². The van der Waals surface area contributed by atoms with E-state index in [1.165, 1.54) is 11.1 Å². The first kappa shape index (κ1) is 11.2. The van der Waals surface area contributed by atoms with Gasteiger partial charge in [0.2, 0.25) is 0 Å². The molecule has 1 N–H and O–H groups in total. The number of hydrogen-bond donors (Lipinski definition) is 1. The number of hydrogen-bond acceptors (Lipinski definition) is 2. The van der Waals surface area contributed by atoms with Gasteiger partial charge in [0.25, 0.3) is 0 Å². The van der Waals surface area contributed by atoms with Crippen molar-refractivity contribution in [2.24, 2.45) is 0 Å². The maximum atomic E-state index is 4.50. The Kier molecular flexibility index (Phi) is 3.64. The van der Waals surface area contributed by atoms with Crippen LogP contribution >= 0.6 is 0 Å². The van der Waals surface area contributed by atoms with E-state index in [-0.39, 0.29) is 0 Å². The topological polar surface area (TPSA) is 24.9 Å². The normalized spacial score (nSPS) is 12.9. The zero-order valence-electron chi connectivity index (χ0n) is 9.81. The van der Waals surface area contributed by atoms with Crippen LogP contribution in [-0.2, 0) is 0 Å². The summed E-state index contributed by atoms with van der Waals surface area (Å²) in [5, 5.41) is 3.42. The lowest BCUT2D eigenvalue weighted by Gasteiger charge is -2.18. The summed E-state index contributed by atoms with van der Waals surface area (Å²) in [6.45, 7) is 11.6. The SMILES string of the molecule is CCNC(C)c1c(C)cc(C)nc1C. The van der Waals surface area contributed by atoms with Gasteiger partial charge in [-0.3, -0.25) is 4.98 Å². The van der Waals surface area contributed by atoms with Crippen molar-refractivity contribution in [2.75, 3.05) is 6.54 Å². The largest absolute Gasteiger partial charge is 0.310 e. The lowest BCUT2D eigenvalue weighted by Crippen LogP contribution is -2.20. The molecule has 0 fully saturated rings. The van der Waals surface area contributed by atoms with E-state index < -0.39 is 0 Å². The third-order valence-electron chi connectivity index (χ3n) is 2.53. The summed E-state index contributed by atoms with van der Waals surface area (Å²) in [7, 11) is 0. The average molecular weight is 192 g/mol. The molecule has 2 heteroatoms. The van der Waals surface area contributed by atoms with Crippen LogP contribution in [0.4, 0.5) is 0 Å². The predicted octanol–water partition coefficient (Wildman–Crippen LogP) is 2.68. The van der Waals surface area contributed by atoms with Gasteiger partial charge < -0.3 is 5.32 Å². The molecule has 1 atom stereocenters. The molecule has 1 unspecified atom stereocenters. The molecule has 0 saturated carbocycles. The lowest BCUT2D eigenvalue weighted by molar-refractivity contribution is 0.589. The highest BCUT2D eigenvalue weighted by atomic mass is 14.9. The number of nitrogens with zero attached hydrogens (tertiary/aromatic N) is 1. The molecule has 0 spiro atoms. The van der Waals surface area contributed by atoms with E-state index in [4.69, 9.17) is 0 Å². The average Bonchev–Trinajstić information content (AvgIpc) is 2.01. The molecule has 0 aromatic carbocycles. The Balaban J connectivity index is 3.07. The third kappa shape index (κ3) is 2.32. The molecule has 0 aliphatic heterocycles. The molecular weight excluding hydrogens is 172 g/mol. The van der Waals surface area contributed by atoms with Crippen LogP contribution in [0.1, 0.15) is 42.4 Å². The minimum absolute atomic E-state index is 0.396. The van der Waals surface area contributed by atoms with Crippen LogP contribution < -0.4 is 5.32 Å². The molecule has 1 aromatic rings. The maximum Gasteiger partial charge on any atom is 0.0426 e. The summed E-state index contributed by atoms with van der Waals surface area (Å²) >= 11 is 0. The second kappa shape index (κ2) is 4.56. The van der Waals surface area contributed by atoms with E-state index in [1.807, 2.05) is 6.92 Å². The predicted molar refractivity (Wildman–Crippen MR) is 60.5 cm³/mol. The monoisotopic (exact) mass is 192 g/mol. The minimum atomic E-state index is 0.396. The fraction of sp³-hybridized carbons (Fsp3) is 0.583. The van der Waals surface area contributed by atoms with E-state index in [0.717, 1.165) is 17.9 Å². The first-order valence-electron chi connectivity index (χ1n) is 5.24. The van der Waals surface area contributed by atoms with Gasteiger partial charge in [-0.05, 0) is 51.4 Å². The van der Waals surface area contributed by atoms with Gasteiger partial charge in [-0.2, -0.15) is 0 Å². The summed E-state index contributed by atoms with van der Waals surface area (Å²) in [5.41, 5.74) is 4.93. The molecule has 0 bridgehead atoms. The molecular formula is C12H20N2. The highest BCUT2D eigenvalue weighted by Crippen LogP contribution is 2.20. The van der Waals surface area contributed by atoms with Crippen molar-refractivity contribution >= 4 is 0 Å². The standard InChI is InChI=1S/C12H20N2/c1-6-13-10(4)12-8(2)7-9(3)14-11(12)5/h7,10,13H,6H2,1-5H3. The van der Waals surface area contributed by atoms with Crippen LogP contribution in [0.15, 0.2) is 6.07 Å². The second-order valence-corrected chi connectivity index (χ2v) is 3.86. The number of aromatic nitrogens is 1. The van der Waals surface area contributed by atoms with Crippen LogP contribution in [0.5, 0.6) is 0 Å². The second-order valence-electron chi connectivity index (χ2n) is 3.86. The van der Waals surface area contributed by atoms with Gasteiger partial charge in [-0.15, -0.1) is 0 Å². The van der Waals surface area contributed by atoms with E-state index in [1.54, 1.807) is 0 Å². The highest BCUT2D eigenvalue weighted by Gasteiger charge is 2.11. The van der Waals surface area contributed by atoms with Gasteiger partial charge in [0.05, 0.1) is 0 Å². The van der Waals surface area contributed by atoms with Crippen molar-refractivity contribution < 1.29 is 0 Å². The minimum Gasteiger partial charge on any atom is -0.310 e. The fourth-order valence-corrected chi connectivity index (χ4v) is 2.10. The van der Waals surface area contributed by atoms with Crippen LogP contribution in [0.3, 0.4) is 0 Å². The van der Waals surface area contributed by atoms with Crippen molar-refractivity contribution in [3.05, 3.63) is 28.6 Å². The fourth-order valence-electron chi connectivity index (χ4n) is 2.10. The van der Waals surface area contributed by atoms with Gasteiger partial charge >= 0.3 is 0 Å².